The first kappa shape index (κ1) is 11.7. The van der Waals surface area contributed by atoms with Gasteiger partial charge in [0.05, 0.1) is 4.92 Å². The van der Waals surface area contributed by atoms with E-state index in [0.717, 1.165) is 25.8 Å². The molecule has 0 aliphatic carbocycles. The van der Waals surface area contributed by atoms with Crippen molar-refractivity contribution in [2.24, 2.45) is 0 Å². The Hall–Kier alpha value is -1.78. The summed E-state index contributed by atoms with van der Waals surface area (Å²) in [6.07, 6.45) is 3.19. The molecule has 1 aromatic carbocycles. The zero-order valence-electron chi connectivity index (χ0n) is 9.93. The zero-order chi connectivity index (χ0) is 12.4. The van der Waals surface area contributed by atoms with E-state index >= 15 is 0 Å². The molecule has 1 atom stereocenters. The highest BCUT2D eigenvalue weighted by Gasteiger charge is 2.29. The number of hydrogen-bond donors (Lipinski definition) is 1. The van der Waals surface area contributed by atoms with E-state index in [1.54, 1.807) is 18.2 Å². The summed E-state index contributed by atoms with van der Waals surface area (Å²) in [7, 11) is 0. The highest BCUT2D eigenvalue weighted by molar-refractivity contribution is 5.75. The molecule has 0 bridgehead atoms. The average Bonchev–Trinajstić information content (AvgIpc) is 2.75. The van der Waals surface area contributed by atoms with Crippen molar-refractivity contribution >= 4 is 17.1 Å². The second-order valence-electron chi connectivity index (χ2n) is 4.37. The predicted molar refractivity (Wildman–Crippen MR) is 68.2 cm³/mol. The molecular formula is C12H17N3O2. The highest BCUT2D eigenvalue weighted by atomic mass is 16.6. The van der Waals surface area contributed by atoms with Crippen molar-refractivity contribution in [2.45, 2.75) is 32.2 Å². The summed E-state index contributed by atoms with van der Waals surface area (Å²) in [6, 6.07) is 5.56. The Morgan fingerprint density at radius 3 is 3.00 bits per heavy atom. The number of rotatable bonds is 3. The molecule has 1 heterocycles. The fourth-order valence-electron chi connectivity index (χ4n) is 2.56. The summed E-state index contributed by atoms with van der Waals surface area (Å²) in [6.45, 7) is 2.99. The fraction of sp³-hybridized carbons (Fsp3) is 0.500. The minimum absolute atomic E-state index is 0.0489. The molecule has 1 aliphatic rings. The second-order valence-corrected chi connectivity index (χ2v) is 4.37. The van der Waals surface area contributed by atoms with Crippen LogP contribution < -0.4 is 10.6 Å². The van der Waals surface area contributed by atoms with Gasteiger partial charge in [0.2, 0.25) is 0 Å². The molecule has 92 valence electrons. The van der Waals surface area contributed by atoms with Gasteiger partial charge in [0.25, 0.3) is 0 Å². The normalized spacial score (nSPS) is 19.6. The molecule has 5 heteroatoms. The van der Waals surface area contributed by atoms with Crippen molar-refractivity contribution in [2.75, 3.05) is 17.2 Å². The molecule has 1 aliphatic heterocycles. The Morgan fingerprint density at radius 2 is 2.35 bits per heavy atom. The Kier molecular flexibility index (Phi) is 3.17. The molecule has 1 saturated heterocycles. The molecule has 17 heavy (non-hydrogen) atoms. The number of nitrogens with two attached hydrogens (primary N) is 1. The number of nitro benzene ring substituents is 1. The third-order valence-electron chi connectivity index (χ3n) is 3.39. The molecule has 2 N–H and O–H groups in total. The quantitative estimate of drug-likeness (QED) is 0.496. The first-order valence-corrected chi connectivity index (χ1v) is 5.94. The van der Waals surface area contributed by atoms with Gasteiger partial charge >= 0.3 is 5.69 Å². The van der Waals surface area contributed by atoms with Gasteiger partial charge in [-0.2, -0.15) is 0 Å². The fourth-order valence-corrected chi connectivity index (χ4v) is 2.56. The molecule has 2 rings (SSSR count). The Morgan fingerprint density at radius 1 is 1.59 bits per heavy atom. The zero-order valence-corrected chi connectivity index (χ0v) is 9.93. The van der Waals surface area contributed by atoms with Gasteiger partial charge in [-0.3, -0.25) is 10.1 Å². The standard InChI is InChI=1S/C12H17N3O2/c1-2-9-5-4-8-14(9)11-7-3-6-10(13)12(11)15(16)17/h3,6-7,9H,2,4-5,8,13H2,1H3. The summed E-state index contributed by atoms with van der Waals surface area (Å²) in [5, 5.41) is 11.1. The third-order valence-corrected chi connectivity index (χ3v) is 3.39. The number of anilines is 2. The van der Waals surface area contributed by atoms with Crippen LogP contribution in [0.15, 0.2) is 18.2 Å². The minimum atomic E-state index is -0.379. The molecule has 0 radical (unpaired) electrons. The SMILES string of the molecule is CCC1CCCN1c1cccc(N)c1[N+](=O)[O-]. The van der Waals surface area contributed by atoms with Crippen molar-refractivity contribution in [3.8, 4) is 0 Å². The molecule has 1 fully saturated rings. The summed E-state index contributed by atoms with van der Waals surface area (Å²) < 4.78 is 0. The van der Waals surface area contributed by atoms with E-state index in [0.29, 0.717) is 11.7 Å². The van der Waals surface area contributed by atoms with Crippen molar-refractivity contribution in [3.63, 3.8) is 0 Å². The lowest BCUT2D eigenvalue weighted by Crippen LogP contribution is -2.29. The largest absolute Gasteiger partial charge is 0.393 e. The number of nitrogens with zero attached hydrogens (tertiary/aromatic N) is 2. The first-order valence-electron chi connectivity index (χ1n) is 5.94. The van der Waals surface area contributed by atoms with E-state index in [-0.39, 0.29) is 16.3 Å². The number of benzene rings is 1. The second kappa shape index (κ2) is 4.61. The maximum atomic E-state index is 11.1. The van der Waals surface area contributed by atoms with Crippen LogP contribution in [0.4, 0.5) is 17.1 Å². The van der Waals surface area contributed by atoms with Gasteiger partial charge in [-0.1, -0.05) is 13.0 Å². The summed E-state index contributed by atoms with van der Waals surface area (Å²) in [4.78, 5) is 12.8. The average molecular weight is 235 g/mol. The van der Waals surface area contributed by atoms with Gasteiger partial charge in [-0.15, -0.1) is 0 Å². The lowest BCUT2D eigenvalue weighted by molar-refractivity contribution is -0.383. The van der Waals surface area contributed by atoms with Crippen molar-refractivity contribution in [3.05, 3.63) is 28.3 Å². The van der Waals surface area contributed by atoms with Crippen LogP contribution >= 0.6 is 0 Å². The smallest absolute Gasteiger partial charge is 0.315 e. The van der Waals surface area contributed by atoms with Crippen LogP contribution in [-0.4, -0.2) is 17.5 Å². The molecule has 0 saturated carbocycles. The molecule has 5 nitrogen and oxygen atoms in total. The van der Waals surface area contributed by atoms with Crippen LogP contribution in [0.5, 0.6) is 0 Å². The highest BCUT2D eigenvalue weighted by Crippen LogP contribution is 2.37. The summed E-state index contributed by atoms with van der Waals surface area (Å²) >= 11 is 0. The van der Waals surface area contributed by atoms with Crippen molar-refractivity contribution < 1.29 is 4.92 Å². The molecule has 0 spiro atoms. The van der Waals surface area contributed by atoms with Gasteiger partial charge in [0, 0.05) is 12.6 Å². The van der Waals surface area contributed by atoms with Crippen LogP contribution in [-0.2, 0) is 0 Å². The van der Waals surface area contributed by atoms with Gasteiger partial charge in [0.1, 0.15) is 11.4 Å². The molecule has 0 aromatic heterocycles. The number of hydrogen-bond acceptors (Lipinski definition) is 4. The van der Waals surface area contributed by atoms with Crippen molar-refractivity contribution in [1.29, 1.82) is 0 Å². The van der Waals surface area contributed by atoms with Gasteiger partial charge in [-0.05, 0) is 31.4 Å². The lowest BCUT2D eigenvalue weighted by atomic mass is 10.1. The van der Waals surface area contributed by atoms with Crippen LogP contribution in [0.2, 0.25) is 0 Å². The topological polar surface area (TPSA) is 72.4 Å². The van der Waals surface area contributed by atoms with E-state index in [9.17, 15) is 10.1 Å². The van der Waals surface area contributed by atoms with Crippen LogP contribution in [0.3, 0.4) is 0 Å². The van der Waals surface area contributed by atoms with E-state index in [4.69, 9.17) is 5.73 Å². The van der Waals surface area contributed by atoms with Crippen molar-refractivity contribution in [1.82, 2.24) is 0 Å². The molecule has 1 aromatic rings. The van der Waals surface area contributed by atoms with Gasteiger partial charge in [-0.25, -0.2) is 0 Å². The van der Waals surface area contributed by atoms with E-state index in [2.05, 4.69) is 11.8 Å². The number of nitrogen functional groups attached to an aromatic ring is 1. The van der Waals surface area contributed by atoms with Crippen LogP contribution in [0.25, 0.3) is 0 Å². The lowest BCUT2D eigenvalue weighted by Gasteiger charge is -2.25. The third kappa shape index (κ3) is 2.05. The molecule has 0 amide bonds. The van der Waals surface area contributed by atoms with Crippen LogP contribution in [0.1, 0.15) is 26.2 Å². The maximum Gasteiger partial charge on any atom is 0.315 e. The maximum absolute atomic E-state index is 11.1. The Bertz CT molecular complexity index is 434. The van der Waals surface area contributed by atoms with Gasteiger partial charge < -0.3 is 10.6 Å². The monoisotopic (exact) mass is 235 g/mol. The molecule has 1 unspecified atom stereocenters. The van der Waals surface area contributed by atoms with Gasteiger partial charge in [0.15, 0.2) is 0 Å². The van der Waals surface area contributed by atoms with Crippen LogP contribution in [0, 0.1) is 10.1 Å². The number of para-hydroxylation sites is 1. The summed E-state index contributed by atoms with van der Waals surface area (Å²) in [5.41, 5.74) is 6.67. The first-order chi connectivity index (χ1) is 8.15. The number of nitro groups is 1. The van der Waals surface area contributed by atoms with E-state index < -0.39 is 0 Å². The van der Waals surface area contributed by atoms with E-state index in [1.807, 2.05) is 0 Å². The Labute approximate surface area is 100 Å². The predicted octanol–water partition coefficient (Wildman–Crippen LogP) is 2.56. The molecular weight excluding hydrogens is 218 g/mol. The Balaban J connectivity index is 2.44. The van der Waals surface area contributed by atoms with E-state index in [1.165, 1.54) is 0 Å². The minimum Gasteiger partial charge on any atom is -0.393 e. The summed E-state index contributed by atoms with van der Waals surface area (Å²) in [5.74, 6) is 0.